The first-order valence-corrected chi connectivity index (χ1v) is 10.5. The summed E-state index contributed by atoms with van der Waals surface area (Å²) in [6, 6.07) is 12.3. The van der Waals surface area contributed by atoms with Gasteiger partial charge in [0.2, 0.25) is 5.76 Å². The maximum absolute atomic E-state index is 13.6. The maximum atomic E-state index is 13.6. The summed E-state index contributed by atoms with van der Waals surface area (Å²) in [6.07, 6.45) is 2.44. The van der Waals surface area contributed by atoms with Crippen LogP contribution in [0.25, 0.3) is 11.0 Å². The summed E-state index contributed by atoms with van der Waals surface area (Å²) in [6.45, 7) is 2.03. The Bertz CT molecular complexity index is 1310. The SMILES string of the molecule is CCc1ccc2oc3c(c(=O)c2c1)C(c1ccc(OC)cc1)N(c1nccs1)C3=O. The van der Waals surface area contributed by atoms with E-state index in [1.807, 2.05) is 43.3 Å². The lowest BCUT2D eigenvalue weighted by atomic mass is 9.98. The van der Waals surface area contributed by atoms with Crippen LogP contribution in [0.3, 0.4) is 0 Å². The summed E-state index contributed by atoms with van der Waals surface area (Å²) in [7, 11) is 1.59. The van der Waals surface area contributed by atoms with Gasteiger partial charge in [-0.25, -0.2) is 4.98 Å². The number of ether oxygens (including phenoxy) is 1. The minimum Gasteiger partial charge on any atom is -0.497 e. The van der Waals surface area contributed by atoms with Crippen molar-refractivity contribution in [3.05, 3.63) is 86.7 Å². The molecule has 6 nitrogen and oxygen atoms in total. The zero-order chi connectivity index (χ0) is 20.8. The van der Waals surface area contributed by atoms with Crippen LogP contribution in [0.2, 0.25) is 0 Å². The predicted octanol–water partition coefficient (Wildman–Crippen LogP) is 4.57. The number of fused-ring (bicyclic) bond motifs is 2. The van der Waals surface area contributed by atoms with Crippen molar-refractivity contribution < 1.29 is 13.9 Å². The molecule has 2 aromatic heterocycles. The van der Waals surface area contributed by atoms with Crippen LogP contribution in [0.15, 0.2) is 63.3 Å². The number of rotatable bonds is 4. The van der Waals surface area contributed by atoms with Crippen molar-refractivity contribution in [2.75, 3.05) is 12.0 Å². The molecular weight excluding hydrogens is 400 g/mol. The second-order valence-corrected chi connectivity index (χ2v) is 7.90. The average molecular weight is 418 g/mol. The number of methoxy groups -OCH3 is 1. The molecule has 4 aromatic rings. The van der Waals surface area contributed by atoms with Gasteiger partial charge in [-0.15, -0.1) is 11.3 Å². The molecule has 0 saturated carbocycles. The lowest BCUT2D eigenvalue weighted by Gasteiger charge is -2.22. The molecule has 0 aliphatic carbocycles. The summed E-state index contributed by atoms with van der Waals surface area (Å²) in [5, 5.41) is 2.81. The number of carbonyl (C=O) groups excluding carboxylic acids is 1. The van der Waals surface area contributed by atoms with Crippen LogP contribution in [0.4, 0.5) is 5.13 Å². The third kappa shape index (κ3) is 2.74. The van der Waals surface area contributed by atoms with Crippen molar-refractivity contribution in [2.45, 2.75) is 19.4 Å². The molecule has 5 rings (SSSR count). The molecule has 0 radical (unpaired) electrons. The van der Waals surface area contributed by atoms with Crippen molar-refractivity contribution in [2.24, 2.45) is 0 Å². The largest absolute Gasteiger partial charge is 0.497 e. The van der Waals surface area contributed by atoms with E-state index < -0.39 is 6.04 Å². The van der Waals surface area contributed by atoms with E-state index in [0.29, 0.717) is 27.4 Å². The Kier molecular flexibility index (Phi) is 4.40. The first-order valence-electron chi connectivity index (χ1n) is 9.59. The molecule has 3 heterocycles. The molecule has 0 bridgehead atoms. The van der Waals surface area contributed by atoms with E-state index in [1.54, 1.807) is 29.7 Å². The summed E-state index contributed by atoms with van der Waals surface area (Å²) < 4.78 is 11.2. The van der Waals surface area contributed by atoms with Crippen LogP contribution in [0.5, 0.6) is 5.75 Å². The van der Waals surface area contributed by atoms with E-state index in [9.17, 15) is 9.59 Å². The van der Waals surface area contributed by atoms with Crippen molar-refractivity contribution in [3.8, 4) is 5.75 Å². The number of hydrogen-bond acceptors (Lipinski definition) is 6. The number of amides is 1. The summed E-state index contributed by atoms with van der Waals surface area (Å²) in [5.74, 6) is 0.411. The van der Waals surface area contributed by atoms with E-state index >= 15 is 0 Å². The molecule has 7 heteroatoms. The molecule has 1 atom stereocenters. The topological polar surface area (TPSA) is 72.6 Å². The van der Waals surface area contributed by atoms with Crippen molar-refractivity contribution in [1.29, 1.82) is 0 Å². The van der Waals surface area contributed by atoms with Crippen LogP contribution in [-0.2, 0) is 6.42 Å². The molecule has 1 amide bonds. The van der Waals surface area contributed by atoms with E-state index in [0.717, 1.165) is 17.5 Å². The van der Waals surface area contributed by atoms with Crippen LogP contribution in [0.1, 0.15) is 40.2 Å². The fourth-order valence-electron chi connectivity index (χ4n) is 3.87. The monoisotopic (exact) mass is 418 g/mol. The fourth-order valence-corrected chi connectivity index (χ4v) is 4.54. The van der Waals surface area contributed by atoms with E-state index in [1.165, 1.54) is 11.3 Å². The van der Waals surface area contributed by atoms with Gasteiger partial charge in [0.1, 0.15) is 11.3 Å². The second-order valence-electron chi connectivity index (χ2n) is 7.02. The predicted molar refractivity (Wildman–Crippen MR) is 116 cm³/mol. The Hall–Kier alpha value is -3.45. The highest BCUT2D eigenvalue weighted by Crippen LogP contribution is 2.42. The highest BCUT2D eigenvalue weighted by atomic mass is 32.1. The fraction of sp³-hybridized carbons (Fsp3) is 0.174. The molecule has 1 unspecified atom stereocenters. The normalized spacial score (nSPS) is 15.6. The molecule has 0 saturated heterocycles. The Labute approximate surface area is 176 Å². The number of nitrogens with zero attached hydrogens (tertiary/aromatic N) is 2. The Morgan fingerprint density at radius 1 is 1.17 bits per heavy atom. The van der Waals surface area contributed by atoms with Gasteiger partial charge < -0.3 is 9.15 Å². The van der Waals surface area contributed by atoms with Gasteiger partial charge in [0.05, 0.1) is 24.1 Å². The quantitative estimate of drug-likeness (QED) is 0.485. The molecule has 0 spiro atoms. The van der Waals surface area contributed by atoms with Crippen LogP contribution >= 0.6 is 11.3 Å². The lowest BCUT2D eigenvalue weighted by Crippen LogP contribution is -2.29. The van der Waals surface area contributed by atoms with Gasteiger partial charge in [-0.05, 0) is 41.8 Å². The maximum Gasteiger partial charge on any atom is 0.297 e. The summed E-state index contributed by atoms with van der Waals surface area (Å²) in [5.41, 5.74) is 2.41. The minimum absolute atomic E-state index is 0.0766. The van der Waals surface area contributed by atoms with Crippen LogP contribution in [0, 0.1) is 0 Å². The Balaban J connectivity index is 1.79. The standard InChI is InChI=1S/C23H18N2O4S/c1-3-13-4-9-17-16(12-13)20(26)18-19(14-5-7-15(28-2)8-6-14)25(22(27)21(18)29-17)23-24-10-11-30-23/h4-12,19H,3H2,1-2H3. The number of aryl methyl sites for hydroxylation is 1. The Morgan fingerprint density at radius 3 is 2.63 bits per heavy atom. The van der Waals surface area contributed by atoms with Gasteiger partial charge in [0, 0.05) is 11.6 Å². The minimum atomic E-state index is -0.615. The highest BCUT2D eigenvalue weighted by Gasteiger charge is 2.44. The highest BCUT2D eigenvalue weighted by molar-refractivity contribution is 7.13. The number of benzene rings is 2. The number of anilines is 1. The molecule has 2 aromatic carbocycles. The second kappa shape index (κ2) is 7.11. The van der Waals surface area contributed by atoms with E-state index in [4.69, 9.17) is 9.15 Å². The third-order valence-electron chi connectivity index (χ3n) is 5.40. The molecule has 0 fully saturated rings. The molecule has 1 aliphatic rings. The van der Waals surface area contributed by atoms with Crippen molar-refractivity contribution in [1.82, 2.24) is 4.98 Å². The zero-order valence-corrected chi connectivity index (χ0v) is 17.2. The number of carbonyl (C=O) groups is 1. The average Bonchev–Trinajstić information content (AvgIpc) is 3.40. The van der Waals surface area contributed by atoms with Gasteiger partial charge >= 0.3 is 0 Å². The summed E-state index contributed by atoms with van der Waals surface area (Å²) >= 11 is 1.34. The van der Waals surface area contributed by atoms with Crippen LogP contribution < -0.4 is 15.1 Å². The van der Waals surface area contributed by atoms with Gasteiger partial charge in [0.15, 0.2) is 10.6 Å². The number of aromatic nitrogens is 1. The molecular formula is C23H18N2O4S. The van der Waals surface area contributed by atoms with E-state index in [2.05, 4.69) is 4.98 Å². The molecule has 0 N–H and O–H groups in total. The van der Waals surface area contributed by atoms with Gasteiger partial charge in [-0.2, -0.15) is 0 Å². The first-order chi connectivity index (χ1) is 14.6. The van der Waals surface area contributed by atoms with Gasteiger partial charge in [-0.1, -0.05) is 25.1 Å². The number of hydrogen-bond donors (Lipinski definition) is 0. The number of thiazole rings is 1. The smallest absolute Gasteiger partial charge is 0.297 e. The van der Waals surface area contributed by atoms with Crippen LogP contribution in [-0.4, -0.2) is 18.0 Å². The lowest BCUT2D eigenvalue weighted by molar-refractivity contribution is 0.0971. The zero-order valence-electron chi connectivity index (χ0n) is 16.4. The first kappa shape index (κ1) is 18.6. The van der Waals surface area contributed by atoms with Crippen molar-refractivity contribution in [3.63, 3.8) is 0 Å². The third-order valence-corrected chi connectivity index (χ3v) is 6.17. The van der Waals surface area contributed by atoms with Crippen molar-refractivity contribution >= 4 is 33.3 Å². The van der Waals surface area contributed by atoms with Gasteiger partial charge in [-0.3, -0.25) is 14.5 Å². The molecule has 1 aliphatic heterocycles. The molecule has 30 heavy (non-hydrogen) atoms. The summed E-state index contributed by atoms with van der Waals surface area (Å²) in [4.78, 5) is 32.8. The van der Waals surface area contributed by atoms with E-state index in [-0.39, 0.29) is 17.1 Å². The Morgan fingerprint density at radius 2 is 1.97 bits per heavy atom. The van der Waals surface area contributed by atoms with Gasteiger partial charge in [0.25, 0.3) is 5.91 Å². The molecule has 150 valence electrons.